The molecule has 17 heavy (non-hydrogen) atoms. The molecule has 0 aromatic heterocycles. The Balaban J connectivity index is 2.58. The minimum absolute atomic E-state index is 0.282. The molecule has 1 atom stereocenters. The van der Waals surface area contributed by atoms with Gasteiger partial charge < -0.3 is 16.2 Å². The van der Waals surface area contributed by atoms with Crippen molar-refractivity contribution in [1.82, 2.24) is 0 Å². The first-order chi connectivity index (χ1) is 8.04. The van der Waals surface area contributed by atoms with Gasteiger partial charge in [-0.25, -0.2) is 4.39 Å². The Hall–Kier alpha value is -1.27. The number of nitrogens with two attached hydrogens (primary N) is 1. The molecule has 1 rings (SSSR count). The Morgan fingerprint density at radius 2 is 2.35 bits per heavy atom. The van der Waals surface area contributed by atoms with E-state index in [1.54, 1.807) is 11.8 Å². The van der Waals surface area contributed by atoms with Gasteiger partial charge in [0.05, 0.1) is 6.04 Å². The minimum atomic E-state index is -0.777. The van der Waals surface area contributed by atoms with Crippen LogP contribution in [-0.2, 0) is 4.79 Å². The second kappa shape index (κ2) is 6.46. The van der Waals surface area contributed by atoms with Gasteiger partial charge in [-0.1, -0.05) is 0 Å². The predicted octanol–water partition coefficient (Wildman–Crippen LogP) is 1.55. The van der Waals surface area contributed by atoms with Crippen molar-refractivity contribution in [2.45, 2.75) is 12.5 Å². The summed E-state index contributed by atoms with van der Waals surface area (Å²) in [4.78, 5) is 11.6. The summed E-state index contributed by atoms with van der Waals surface area (Å²) in [7, 11) is 0. The second-order valence-corrected chi connectivity index (χ2v) is 4.53. The number of aromatic hydroxyl groups is 1. The highest BCUT2D eigenvalue weighted by Gasteiger charge is 2.13. The molecule has 0 heterocycles. The number of rotatable bonds is 5. The molecule has 1 amide bonds. The topological polar surface area (TPSA) is 75.4 Å². The highest BCUT2D eigenvalue weighted by Crippen LogP contribution is 2.19. The number of phenolic OH excluding ortho intramolecular Hbond substituents is 1. The van der Waals surface area contributed by atoms with Crippen LogP contribution in [-0.4, -0.2) is 29.1 Å². The maximum Gasteiger partial charge on any atom is 0.241 e. The third-order valence-corrected chi connectivity index (χ3v) is 2.83. The van der Waals surface area contributed by atoms with Gasteiger partial charge in [-0.3, -0.25) is 4.79 Å². The predicted molar refractivity (Wildman–Crippen MR) is 67.7 cm³/mol. The molecule has 0 saturated carbocycles. The molecule has 0 unspecified atom stereocenters. The van der Waals surface area contributed by atoms with Gasteiger partial charge in [-0.15, -0.1) is 0 Å². The molecular weight excluding hydrogens is 243 g/mol. The zero-order chi connectivity index (χ0) is 12.8. The maximum absolute atomic E-state index is 13.0. The minimum Gasteiger partial charge on any atom is -0.505 e. The Labute approximate surface area is 103 Å². The van der Waals surface area contributed by atoms with Crippen molar-refractivity contribution in [2.75, 3.05) is 17.3 Å². The number of halogens is 1. The summed E-state index contributed by atoms with van der Waals surface area (Å²) in [6.07, 6.45) is 2.49. The van der Waals surface area contributed by atoms with Gasteiger partial charge >= 0.3 is 0 Å². The molecular formula is C11H15FN2O2S. The lowest BCUT2D eigenvalue weighted by Gasteiger charge is -2.11. The lowest BCUT2D eigenvalue weighted by molar-refractivity contribution is -0.117. The van der Waals surface area contributed by atoms with Crippen LogP contribution in [0, 0.1) is 5.82 Å². The molecule has 1 aromatic rings. The van der Waals surface area contributed by atoms with Gasteiger partial charge in [0.15, 0.2) is 11.6 Å². The number of benzene rings is 1. The third kappa shape index (κ3) is 4.24. The Morgan fingerprint density at radius 1 is 1.65 bits per heavy atom. The van der Waals surface area contributed by atoms with E-state index in [2.05, 4.69) is 5.32 Å². The van der Waals surface area contributed by atoms with Crippen molar-refractivity contribution in [3.63, 3.8) is 0 Å². The smallest absolute Gasteiger partial charge is 0.241 e. The van der Waals surface area contributed by atoms with Crippen LogP contribution in [0.4, 0.5) is 10.1 Å². The molecule has 4 nitrogen and oxygen atoms in total. The average Bonchev–Trinajstić information content (AvgIpc) is 2.30. The summed E-state index contributed by atoms with van der Waals surface area (Å²) in [6.45, 7) is 0. The lowest BCUT2D eigenvalue weighted by Crippen LogP contribution is -2.36. The van der Waals surface area contributed by atoms with E-state index < -0.39 is 17.6 Å². The highest BCUT2D eigenvalue weighted by molar-refractivity contribution is 7.98. The molecule has 4 N–H and O–H groups in total. The quantitative estimate of drug-likeness (QED) is 0.700. The maximum atomic E-state index is 13.0. The summed E-state index contributed by atoms with van der Waals surface area (Å²) >= 11 is 1.61. The second-order valence-electron chi connectivity index (χ2n) is 3.54. The fourth-order valence-corrected chi connectivity index (χ4v) is 1.69. The van der Waals surface area contributed by atoms with E-state index in [9.17, 15) is 9.18 Å². The van der Waals surface area contributed by atoms with Crippen molar-refractivity contribution in [2.24, 2.45) is 5.73 Å². The first-order valence-corrected chi connectivity index (χ1v) is 6.48. The van der Waals surface area contributed by atoms with E-state index in [4.69, 9.17) is 10.8 Å². The number of hydrogen-bond acceptors (Lipinski definition) is 4. The van der Waals surface area contributed by atoms with Crippen molar-refractivity contribution in [3.8, 4) is 5.75 Å². The highest BCUT2D eigenvalue weighted by atomic mass is 32.2. The van der Waals surface area contributed by atoms with Gasteiger partial charge in [-0.2, -0.15) is 11.8 Å². The van der Waals surface area contributed by atoms with Crippen molar-refractivity contribution < 1.29 is 14.3 Å². The third-order valence-electron chi connectivity index (χ3n) is 2.18. The van der Waals surface area contributed by atoms with Crippen LogP contribution in [0.15, 0.2) is 18.2 Å². The summed E-state index contributed by atoms with van der Waals surface area (Å²) in [5.74, 6) is -0.794. The molecule has 6 heteroatoms. The van der Waals surface area contributed by atoms with E-state index in [1.165, 1.54) is 12.1 Å². The fraction of sp³-hybridized carbons (Fsp3) is 0.364. The molecule has 0 saturated heterocycles. The Kier molecular flexibility index (Phi) is 5.24. The van der Waals surface area contributed by atoms with E-state index >= 15 is 0 Å². The van der Waals surface area contributed by atoms with E-state index in [0.717, 1.165) is 11.8 Å². The van der Waals surface area contributed by atoms with Crippen molar-refractivity contribution in [1.29, 1.82) is 0 Å². The van der Waals surface area contributed by atoms with Crippen LogP contribution in [0.1, 0.15) is 6.42 Å². The molecule has 0 bridgehead atoms. The molecule has 94 valence electrons. The van der Waals surface area contributed by atoms with Gasteiger partial charge in [0.1, 0.15) is 0 Å². The molecule has 0 radical (unpaired) electrons. The zero-order valence-corrected chi connectivity index (χ0v) is 10.3. The number of nitrogens with one attached hydrogen (secondary N) is 1. The van der Waals surface area contributed by atoms with Gasteiger partial charge in [0.25, 0.3) is 0 Å². The summed E-state index contributed by atoms with van der Waals surface area (Å²) in [5.41, 5.74) is 5.93. The van der Waals surface area contributed by atoms with Crippen molar-refractivity contribution >= 4 is 23.4 Å². The Bertz CT molecular complexity index is 401. The summed E-state index contributed by atoms with van der Waals surface area (Å²) in [6, 6.07) is 3.03. The van der Waals surface area contributed by atoms with Gasteiger partial charge in [0.2, 0.25) is 5.91 Å². The summed E-state index contributed by atoms with van der Waals surface area (Å²) in [5, 5.41) is 11.5. The van der Waals surface area contributed by atoms with Crippen LogP contribution >= 0.6 is 11.8 Å². The normalized spacial score (nSPS) is 12.2. The zero-order valence-electron chi connectivity index (χ0n) is 9.44. The molecule has 1 aromatic carbocycles. The lowest BCUT2D eigenvalue weighted by atomic mass is 10.2. The van der Waals surface area contributed by atoms with Crippen LogP contribution in [0.3, 0.4) is 0 Å². The SMILES string of the molecule is CSCC[C@H](N)C(=O)Nc1ccc(O)c(F)c1. The molecule has 0 spiro atoms. The number of carbonyl (C=O) groups excluding carboxylic acids is 1. The summed E-state index contributed by atoms with van der Waals surface area (Å²) < 4.78 is 13.0. The average molecular weight is 258 g/mol. The fourth-order valence-electron chi connectivity index (χ4n) is 1.20. The molecule has 0 fully saturated rings. The van der Waals surface area contributed by atoms with Gasteiger partial charge in [-0.05, 0) is 30.6 Å². The molecule has 0 aliphatic heterocycles. The van der Waals surface area contributed by atoms with Crippen molar-refractivity contribution in [3.05, 3.63) is 24.0 Å². The van der Waals surface area contributed by atoms with E-state index in [-0.39, 0.29) is 11.6 Å². The monoisotopic (exact) mass is 258 g/mol. The van der Waals surface area contributed by atoms with Gasteiger partial charge in [0, 0.05) is 11.8 Å². The largest absolute Gasteiger partial charge is 0.505 e. The number of amides is 1. The number of phenols is 1. The standard InChI is InChI=1S/C11H15FN2O2S/c1-17-5-4-9(13)11(16)14-7-2-3-10(15)8(12)6-7/h2-3,6,9,15H,4-5,13H2,1H3,(H,14,16)/t9-/m0/s1. The van der Waals surface area contributed by atoms with Crippen LogP contribution in [0.5, 0.6) is 5.75 Å². The first kappa shape index (κ1) is 13.8. The number of carbonyl (C=O) groups is 1. The number of hydrogen-bond donors (Lipinski definition) is 3. The molecule has 0 aliphatic rings. The molecule has 0 aliphatic carbocycles. The van der Waals surface area contributed by atoms with Crippen LogP contribution in [0.2, 0.25) is 0 Å². The number of thioether (sulfide) groups is 1. The Morgan fingerprint density at radius 3 is 2.94 bits per heavy atom. The van der Waals surface area contributed by atoms with E-state index in [1.807, 2.05) is 6.26 Å². The first-order valence-electron chi connectivity index (χ1n) is 5.08. The van der Waals surface area contributed by atoms with Crippen LogP contribution < -0.4 is 11.1 Å². The number of anilines is 1. The van der Waals surface area contributed by atoms with E-state index in [0.29, 0.717) is 6.42 Å². The van der Waals surface area contributed by atoms with Crippen LogP contribution in [0.25, 0.3) is 0 Å².